The van der Waals surface area contributed by atoms with E-state index >= 15 is 0 Å². The van der Waals surface area contributed by atoms with Gasteiger partial charge in [0.15, 0.2) is 0 Å². The molecule has 0 radical (unpaired) electrons. The number of carbonyl (C=O) groups is 5. The van der Waals surface area contributed by atoms with Gasteiger partial charge >= 0.3 is 12.1 Å². The van der Waals surface area contributed by atoms with Gasteiger partial charge < -0.3 is 50.6 Å². The highest BCUT2D eigenvalue weighted by atomic mass is 16.6. The Balaban J connectivity index is 1.43. The average molecular weight is 938 g/mol. The van der Waals surface area contributed by atoms with E-state index in [1.165, 1.54) is 24.4 Å². The molecule has 3 aromatic heterocycles. The Labute approximate surface area is 392 Å². The maximum Gasteiger partial charge on any atom is 0.412 e. The van der Waals surface area contributed by atoms with Gasteiger partial charge in [0.1, 0.15) is 40.5 Å². The molecule has 22 nitrogen and oxygen atoms in total. The highest BCUT2D eigenvalue weighted by Gasteiger charge is 2.22. The van der Waals surface area contributed by atoms with Crippen molar-refractivity contribution in [2.45, 2.75) is 79.6 Å². The number of nitrogens with two attached hydrogens (primary N) is 3. The van der Waals surface area contributed by atoms with Crippen molar-refractivity contribution >= 4 is 75.1 Å². The summed E-state index contributed by atoms with van der Waals surface area (Å²) >= 11 is 0. The SMILES string of the molecule is CCN=C(/C=C(/C)N)C(=O)Nc1nc2cc(C(N)=O)cc(OCCCC(=O)OCC)c2n1C/C=C/Cn1c(NC)nc2cc(C(N)=O)cc(OC/C=C/Cn3cc(NC(=O)OC(C)(C)C)cn3)c21. The first kappa shape index (κ1) is 50.8. The summed E-state index contributed by atoms with van der Waals surface area (Å²) < 4.78 is 27.9. The number of fused-ring (bicyclic) bond motifs is 2. The quantitative estimate of drug-likeness (QED) is 0.0216. The van der Waals surface area contributed by atoms with Gasteiger partial charge in [0.25, 0.3) is 5.91 Å². The van der Waals surface area contributed by atoms with Crippen molar-refractivity contribution in [2.24, 2.45) is 22.2 Å². The maximum atomic E-state index is 13.6. The van der Waals surface area contributed by atoms with Gasteiger partial charge in [0.2, 0.25) is 23.7 Å². The van der Waals surface area contributed by atoms with Crippen LogP contribution in [0.15, 0.2) is 77.7 Å². The van der Waals surface area contributed by atoms with E-state index in [1.807, 2.05) is 22.8 Å². The molecule has 362 valence electrons. The van der Waals surface area contributed by atoms with E-state index in [4.69, 9.17) is 41.1 Å². The van der Waals surface area contributed by atoms with Crippen molar-refractivity contribution in [3.05, 3.63) is 83.9 Å². The van der Waals surface area contributed by atoms with Crippen LogP contribution in [0.3, 0.4) is 0 Å². The molecule has 4 amide bonds. The maximum absolute atomic E-state index is 13.6. The summed E-state index contributed by atoms with van der Waals surface area (Å²) in [5.41, 5.74) is 19.7. The number of primary amides is 2. The minimum Gasteiger partial charge on any atom is -0.491 e. The molecule has 22 heteroatoms. The van der Waals surface area contributed by atoms with Crippen molar-refractivity contribution in [3.63, 3.8) is 0 Å². The fourth-order valence-corrected chi connectivity index (χ4v) is 6.67. The zero-order chi connectivity index (χ0) is 49.5. The second-order valence-electron chi connectivity index (χ2n) is 16.0. The van der Waals surface area contributed by atoms with Crippen LogP contribution in [0.1, 0.15) is 75.1 Å². The molecule has 0 aliphatic rings. The van der Waals surface area contributed by atoms with Gasteiger partial charge in [-0.05, 0) is 84.4 Å². The van der Waals surface area contributed by atoms with Gasteiger partial charge in [-0.1, -0.05) is 18.2 Å². The summed E-state index contributed by atoms with van der Waals surface area (Å²) in [6.45, 7) is 12.0. The zero-order valence-electron chi connectivity index (χ0n) is 39.3. The first-order chi connectivity index (χ1) is 32.4. The van der Waals surface area contributed by atoms with Crippen LogP contribution >= 0.6 is 0 Å². The lowest BCUT2D eigenvalue weighted by atomic mass is 10.1. The number of carbonyl (C=O) groups excluding carboxylic acids is 5. The number of hydrogen-bond acceptors (Lipinski definition) is 15. The molecule has 0 aliphatic carbocycles. The molecule has 9 N–H and O–H groups in total. The van der Waals surface area contributed by atoms with Crippen LogP contribution in [0.4, 0.5) is 22.4 Å². The highest BCUT2D eigenvalue weighted by Crippen LogP contribution is 2.33. The van der Waals surface area contributed by atoms with Crippen molar-refractivity contribution in [2.75, 3.05) is 49.4 Å². The second-order valence-corrected chi connectivity index (χ2v) is 16.0. The number of esters is 1. The molecule has 68 heavy (non-hydrogen) atoms. The number of aromatic nitrogens is 6. The molecule has 0 fully saturated rings. The van der Waals surface area contributed by atoms with E-state index in [2.05, 4.69) is 31.0 Å². The van der Waals surface area contributed by atoms with Crippen molar-refractivity contribution in [1.82, 2.24) is 28.9 Å². The van der Waals surface area contributed by atoms with Crippen LogP contribution < -0.4 is 42.6 Å². The molecular formula is C46H59N13O9. The minimum absolute atomic E-state index is 0.0793. The third kappa shape index (κ3) is 13.9. The molecule has 0 spiro atoms. The van der Waals surface area contributed by atoms with E-state index < -0.39 is 29.4 Å². The second kappa shape index (κ2) is 23.3. The molecule has 0 bridgehead atoms. The Bertz CT molecular complexity index is 2770. The van der Waals surface area contributed by atoms with Crippen molar-refractivity contribution in [1.29, 1.82) is 0 Å². The largest absolute Gasteiger partial charge is 0.491 e. The highest BCUT2D eigenvalue weighted by molar-refractivity contribution is 6.47. The summed E-state index contributed by atoms with van der Waals surface area (Å²) in [6.07, 6.45) is 11.8. The van der Waals surface area contributed by atoms with Crippen LogP contribution in [0.25, 0.3) is 22.1 Å². The van der Waals surface area contributed by atoms with Crippen molar-refractivity contribution in [3.8, 4) is 11.5 Å². The number of benzene rings is 2. The first-order valence-corrected chi connectivity index (χ1v) is 21.8. The van der Waals surface area contributed by atoms with Crippen LogP contribution in [-0.4, -0.2) is 103 Å². The van der Waals surface area contributed by atoms with E-state index in [0.29, 0.717) is 64.7 Å². The lowest BCUT2D eigenvalue weighted by Gasteiger charge is -2.19. The van der Waals surface area contributed by atoms with Crippen LogP contribution in [0, 0.1) is 0 Å². The predicted octanol–water partition coefficient (Wildman–Crippen LogP) is 5.04. The number of allylic oxidation sites excluding steroid dienone is 4. The molecule has 0 saturated carbocycles. The number of nitrogens with zero attached hydrogens (tertiary/aromatic N) is 7. The number of aliphatic imine (C=N–C) groups is 1. The Morgan fingerprint density at radius 1 is 0.809 bits per heavy atom. The first-order valence-electron chi connectivity index (χ1n) is 21.8. The molecule has 5 rings (SSSR count). The van der Waals surface area contributed by atoms with Crippen LogP contribution in [0.2, 0.25) is 0 Å². The molecular weight excluding hydrogens is 879 g/mol. The molecule has 0 atom stereocenters. The van der Waals surface area contributed by atoms with Gasteiger partial charge in [0.05, 0.1) is 42.7 Å². The van der Waals surface area contributed by atoms with Gasteiger partial charge in [-0.3, -0.25) is 39.5 Å². The molecule has 0 saturated heterocycles. The Morgan fingerprint density at radius 2 is 1.41 bits per heavy atom. The van der Waals surface area contributed by atoms with Crippen LogP contribution in [-0.2, 0) is 38.7 Å². The van der Waals surface area contributed by atoms with E-state index in [0.717, 1.165) is 0 Å². The van der Waals surface area contributed by atoms with Crippen molar-refractivity contribution < 1.29 is 42.9 Å². The Kier molecular flexibility index (Phi) is 17.4. The number of nitrogens with one attached hydrogen (secondary N) is 3. The zero-order valence-corrected chi connectivity index (χ0v) is 39.3. The smallest absolute Gasteiger partial charge is 0.412 e. The number of anilines is 3. The number of ether oxygens (including phenoxy) is 4. The van der Waals surface area contributed by atoms with Gasteiger partial charge in [-0.25, -0.2) is 14.8 Å². The van der Waals surface area contributed by atoms with Crippen LogP contribution in [0.5, 0.6) is 11.5 Å². The van der Waals surface area contributed by atoms with E-state index in [9.17, 15) is 24.0 Å². The third-order valence-electron chi connectivity index (χ3n) is 9.46. The lowest BCUT2D eigenvalue weighted by molar-refractivity contribution is -0.143. The minimum atomic E-state index is -0.724. The summed E-state index contributed by atoms with van der Waals surface area (Å²) in [7, 11) is 1.71. The summed E-state index contributed by atoms with van der Waals surface area (Å²) in [5, 5.41) is 12.9. The summed E-state index contributed by atoms with van der Waals surface area (Å²) in [5.74, 6) is -1.17. The normalized spacial score (nSPS) is 12.2. The van der Waals surface area contributed by atoms with E-state index in [1.54, 1.807) is 82.2 Å². The number of amides is 4. The summed E-state index contributed by atoms with van der Waals surface area (Å²) in [6, 6.07) is 6.12. The Hall–Kier alpha value is -8.17. The van der Waals surface area contributed by atoms with Gasteiger partial charge in [0, 0.05) is 56.1 Å². The molecule has 5 aromatic rings. The summed E-state index contributed by atoms with van der Waals surface area (Å²) in [4.78, 5) is 76.4. The number of imidazole rings is 2. The fourth-order valence-electron chi connectivity index (χ4n) is 6.67. The van der Waals surface area contributed by atoms with E-state index in [-0.39, 0.29) is 73.8 Å². The number of rotatable bonds is 23. The van der Waals surface area contributed by atoms with Gasteiger partial charge in [-0.15, -0.1) is 0 Å². The third-order valence-corrected chi connectivity index (χ3v) is 9.46. The number of hydrogen-bond donors (Lipinski definition) is 6. The lowest BCUT2D eigenvalue weighted by Crippen LogP contribution is -2.27. The molecule has 0 unspecified atom stereocenters. The predicted molar refractivity (Wildman–Crippen MR) is 258 cm³/mol. The monoisotopic (exact) mass is 937 g/mol. The molecule has 3 heterocycles. The Morgan fingerprint density at radius 3 is 1.99 bits per heavy atom. The molecule has 2 aromatic carbocycles. The topological polar surface area (TPSA) is 302 Å². The molecule has 0 aliphatic heterocycles. The standard InChI is InChI=1S/C46H59N13O9/c1-8-51-34(21-28(3)47)42(63)56-44-55-33-23-30(41(49)62)25-36(67-20-14-15-37(60)65-9-2)39(33)59(44)18-11-10-17-58-38-32(54-43(58)50-7)22-29(40(48)61)24-35(38)66-19-13-12-16-57-27-31(26-52-57)53-45(64)68-46(4,5)6/h10-13,21-27H,8-9,14-20,47H2,1-7H3,(H2,48,61)(H2,49,62)(H,50,54)(H,53,64)(H,55,56,63)/b11-10+,13-12+,28-21-,51-34?. The fraction of sp³-hybridized carbons (Fsp3) is 0.370. The average Bonchev–Trinajstić information content (AvgIpc) is 3.97. The van der Waals surface area contributed by atoms with Gasteiger partial charge in [-0.2, -0.15) is 5.10 Å².